The second kappa shape index (κ2) is 5.02. The fourth-order valence-corrected chi connectivity index (χ4v) is 2.01. The van der Waals surface area contributed by atoms with E-state index in [2.05, 4.69) is 0 Å². The van der Waals surface area contributed by atoms with Crippen molar-refractivity contribution in [2.45, 2.75) is 6.42 Å². The van der Waals surface area contributed by atoms with E-state index in [4.69, 9.17) is 11.6 Å². The first kappa shape index (κ1) is 11.7. The van der Waals surface area contributed by atoms with Crippen LogP contribution in [0, 0.1) is 0 Å². The van der Waals surface area contributed by atoms with Crippen LogP contribution in [0.5, 0.6) is 0 Å². The number of hydrogen-bond acceptors (Lipinski definition) is 2. The Balaban J connectivity index is 2.52. The fraction of sp³-hybridized carbons (Fsp3) is 0.0714. The van der Waals surface area contributed by atoms with Gasteiger partial charge in [-0.25, -0.2) is 0 Å². The molecule has 2 nitrogen and oxygen atoms in total. The highest BCUT2D eigenvalue weighted by Crippen LogP contribution is 2.30. The summed E-state index contributed by atoms with van der Waals surface area (Å²) in [7, 11) is 0. The molecule has 2 aromatic rings. The SMILES string of the molecule is O=C([O-])Cc1ccccc1-c1ccccc1Cl. The van der Waals surface area contributed by atoms with Gasteiger partial charge < -0.3 is 9.90 Å². The van der Waals surface area contributed by atoms with Crippen molar-refractivity contribution in [2.75, 3.05) is 0 Å². The van der Waals surface area contributed by atoms with Gasteiger partial charge in [-0.1, -0.05) is 54.1 Å². The normalized spacial score (nSPS) is 10.2. The van der Waals surface area contributed by atoms with Crippen LogP contribution in [0.2, 0.25) is 5.02 Å². The molecule has 0 spiro atoms. The molecular weight excluding hydrogens is 236 g/mol. The first-order chi connectivity index (χ1) is 8.18. The highest BCUT2D eigenvalue weighted by Gasteiger charge is 2.07. The van der Waals surface area contributed by atoms with E-state index < -0.39 is 5.97 Å². The molecule has 0 atom stereocenters. The van der Waals surface area contributed by atoms with E-state index in [0.29, 0.717) is 10.6 Å². The second-order valence-corrected chi connectivity index (χ2v) is 4.09. The Kier molecular flexibility index (Phi) is 3.45. The molecule has 0 unspecified atom stereocenters. The second-order valence-electron chi connectivity index (χ2n) is 3.69. The van der Waals surface area contributed by atoms with E-state index in [-0.39, 0.29) is 6.42 Å². The van der Waals surface area contributed by atoms with E-state index in [1.54, 1.807) is 18.2 Å². The van der Waals surface area contributed by atoms with Gasteiger partial charge in [-0.05, 0) is 17.2 Å². The third-order valence-corrected chi connectivity index (χ3v) is 2.85. The molecule has 17 heavy (non-hydrogen) atoms. The summed E-state index contributed by atoms with van der Waals surface area (Å²) in [5.41, 5.74) is 2.38. The maximum absolute atomic E-state index is 10.7. The summed E-state index contributed by atoms with van der Waals surface area (Å²) in [5.74, 6) is -1.09. The Morgan fingerprint density at radius 2 is 1.59 bits per heavy atom. The standard InChI is InChI=1S/C14H11ClO2/c15-13-8-4-3-7-12(13)11-6-2-1-5-10(11)9-14(16)17/h1-8H,9H2,(H,16,17)/p-1. The van der Waals surface area contributed by atoms with Crippen molar-refractivity contribution in [1.82, 2.24) is 0 Å². The van der Waals surface area contributed by atoms with Crippen LogP contribution in [-0.4, -0.2) is 5.97 Å². The molecule has 86 valence electrons. The Hall–Kier alpha value is -1.80. The maximum atomic E-state index is 10.7. The Morgan fingerprint density at radius 3 is 2.24 bits per heavy atom. The summed E-state index contributed by atoms with van der Waals surface area (Å²) in [4.78, 5) is 10.7. The Labute approximate surface area is 104 Å². The predicted molar refractivity (Wildman–Crippen MR) is 65.6 cm³/mol. The molecule has 0 aliphatic heterocycles. The number of rotatable bonds is 3. The minimum absolute atomic E-state index is 0.110. The fourth-order valence-electron chi connectivity index (χ4n) is 1.77. The largest absolute Gasteiger partial charge is 0.550 e. The minimum Gasteiger partial charge on any atom is -0.550 e. The average molecular weight is 246 g/mol. The van der Waals surface area contributed by atoms with Crippen molar-refractivity contribution in [3.8, 4) is 11.1 Å². The van der Waals surface area contributed by atoms with E-state index >= 15 is 0 Å². The van der Waals surface area contributed by atoms with Gasteiger partial charge in [0.25, 0.3) is 0 Å². The van der Waals surface area contributed by atoms with E-state index in [0.717, 1.165) is 11.1 Å². The van der Waals surface area contributed by atoms with Crippen LogP contribution in [0.25, 0.3) is 11.1 Å². The van der Waals surface area contributed by atoms with Crippen LogP contribution in [0.3, 0.4) is 0 Å². The van der Waals surface area contributed by atoms with Crippen molar-refractivity contribution in [2.24, 2.45) is 0 Å². The molecule has 2 rings (SSSR count). The maximum Gasteiger partial charge on any atom is 0.0484 e. The zero-order valence-corrected chi connectivity index (χ0v) is 9.78. The van der Waals surface area contributed by atoms with Crippen molar-refractivity contribution < 1.29 is 9.90 Å². The van der Waals surface area contributed by atoms with Gasteiger partial charge >= 0.3 is 0 Å². The smallest absolute Gasteiger partial charge is 0.0484 e. The molecule has 0 amide bonds. The van der Waals surface area contributed by atoms with Crippen molar-refractivity contribution in [1.29, 1.82) is 0 Å². The number of benzene rings is 2. The quantitative estimate of drug-likeness (QED) is 0.833. The van der Waals surface area contributed by atoms with Gasteiger partial charge in [0.1, 0.15) is 0 Å². The van der Waals surface area contributed by atoms with Crippen LogP contribution in [0.15, 0.2) is 48.5 Å². The van der Waals surface area contributed by atoms with Gasteiger partial charge in [0.2, 0.25) is 0 Å². The van der Waals surface area contributed by atoms with Crippen LogP contribution in [-0.2, 0) is 11.2 Å². The number of carbonyl (C=O) groups excluding carboxylic acids is 1. The van der Waals surface area contributed by atoms with Crippen molar-refractivity contribution in [3.63, 3.8) is 0 Å². The molecule has 0 fully saturated rings. The summed E-state index contributed by atoms with van der Waals surface area (Å²) in [5, 5.41) is 11.3. The molecule has 0 bridgehead atoms. The summed E-state index contributed by atoms with van der Waals surface area (Å²) in [6, 6.07) is 14.7. The highest BCUT2D eigenvalue weighted by molar-refractivity contribution is 6.33. The minimum atomic E-state index is -1.09. The number of carboxylic acid groups (broad SMARTS) is 1. The molecule has 2 aromatic carbocycles. The molecule has 0 saturated heterocycles. The highest BCUT2D eigenvalue weighted by atomic mass is 35.5. The molecule has 3 heteroatoms. The van der Waals surface area contributed by atoms with Gasteiger partial charge in [0, 0.05) is 23.0 Å². The molecule has 0 radical (unpaired) electrons. The zero-order valence-electron chi connectivity index (χ0n) is 9.02. The molecule has 0 aromatic heterocycles. The topological polar surface area (TPSA) is 40.1 Å². The lowest BCUT2D eigenvalue weighted by molar-refractivity contribution is -0.304. The average Bonchev–Trinajstić information content (AvgIpc) is 2.30. The van der Waals surface area contributed by atoms with Crippen LogP contribution < -0.4 is 5.11 Å². The third kappa shape index (κ3) is 2.66. The molecule has 0 N–H and O–H groups in total. The lowest BCUT2D eigenvalue weighted by Crippen LogP contribution is -2.24. The summed E-state index contributed by atoms with van der Waals surface area (Å²) >= 11 is 6.10. The first-order valence-corrected chi connectivity index (χ1v) is 5.59. The molecule has 0 aliphatic rings. The number of aliphatic carboxylic acids is 1. The van der Waals surface area contributed by atoms with Gasteiger partial charge in [-0.2, -0.15) is 0 Å². The van der Waals surface area contributed by atoms with E-state index in [1.807, 2.05) is 30.3 Å². The molecule has 0 aliphatic carbocycles. The van der Waals surface area contributed by atoms with Crippen LogP contribution in [0.4, 0.5) is 0 Å². The van der Waals surface area contributed by atoms with Crippen LogP contribution in [0.1, 0.15) is 5.56 Å². The lowest BCUT2D eigenvalue weighted by Gasteiger charge is -2.11. The van der Waals surface area contributed by atoms with Crippen molar-refractivity contribution >= 4 is 17.6 Å². The molecule has 0 saturated carbocycles. The number of carbonyl (C=O) groups is 1. The Morgan fingerprint density at radius 1 is 1.00 bits per heavy atom. The Bertz CT molecular complexity index is 549. The number of hydrogen-bond donors (Lipinski definition) is 0. The number of halogens is 1. The zero-order chi connectivity index (χ0) is 12.3. The van der Waals surface area contributed by atoms with Crippen molar-refractivity contribution in [3.05, 3.63) is 59.1 Å². The van der Waals surface area contributed by atoms with Gasteiger partial charge in [-0.3, -0.25) is 0 Å². The van der Waals surface area contributed by atoms with Gasteiger partial charge in [-0.15, -0.1) is 0 Å². The summed E-state index contributed by atoms with van der Waals surface area (Å²) < 4.78 is 0. The van der Waals surface area contributed by atoms with Gasteiger partial charge in [0.05, 0.1) is 0 Å². The van der Waals surface area contributed by atoms with E-state index in [9.17, 15) is 9.90 Å². The molecular formula is C14H10ClO2-. The third-order valence-electron chi connectivity index (χ3n) is 2.52. The van der Waals surface area contributed by atoms with Crippen LogP contribution >= 0.6 is 11.6 Å². The van der Waals surface area contributed by atoms with Gasteiger partial charge in [0.15, 0.2) is 0 Å². The monoisotopic (exact) mass is 245 g/mol. The van der Waals surface area contributed by atoms with E-state index in [1.165, 1.54) is 0 Å². The number of carboxylic acids is 1. The first-order valence-electron chi connectivity index (χ1n) is 5.21. The summed E-state index contributed by atoms with van der Waals surface area (Å²) in [6.45, 7) is 0. The lowest BCUT2D eigenvalue weighted by atomic mass is 9.98. The summed E-state index contributed by atoms with van der Waals surface area (Å²) in [6.07, 6.45) is -0.110. The molecule has 0 heterocycles. The predicted octanol–water partition coefficient (Wildman–Crippen LogP) is 2.30.